The molecule has 0 bridgehead atoms. The Morgan fingerprint density at radius 1 is 1.03 bits per heavy atom. The molecule has 0 aliphatic heterocycles. The number of carbonyl (C=O) groups excluding carboxylic acids is 1. The highest BCUT2D eigenvalue weighted by atomic mass is 19.1. The number of pyridine rings is 1. The molecule has 1 heterocycles. The van der Waals surface area contributed by atoms with Gasteiger partial charge in [-0.1, -0.05) is 31.0 Å². The van der Waals surface area contributed by atoms with Crippen molar-refractivity contribution in [1.29, 1.82) is 0 Å². The van der Waals surface area contributed by atoms with Gasteiger partial charge in [-0.3, -0.25) is 4.79 Å². The Morgan fingerprint density at radius 3 is 2.61 bits per heavy atom. The van der Waals surface area contributed by atoms with Gasteiger partial charge in [0.25, 0.3) is 5.91 Å². The van der Waals surface area contributed by atoms with E-state index >= 15 is 0 Å². The molecule has 0 unspecified atom stereocenters. The van der Waals surface area contributed by atoms with Gasteiger partial charge in [0.2, 0.25) is 0 Å². The maximum atomic E-state index is 13.6. The standard InChI is InChI=1S/C24H26FN5O/c25-16-6-3-5-15(13-16)20-9-4-10-23(29-20)30-22-14-17(11-12-18(22)24(27)31)28-21-8-2-1-7-19(21)26/h3-6,9-14,19,21,28H,1-2,7-8,26H2,(H2,27,31)(H,29,30)/t19-,21+/m0/s1. The minimum Gasteiger partial charge on any atom is -0.381 e. The minimum absolute atomic E-state index is 0.102. The maximum Gasteiger partial charge on any atom is 0.250 e. The summed E-state index contributed by atoms with van der Waals surface area (Å²) in [5, 5.41) is 6.68. The number of amides is 1. The van der Waals surface area contributed by atoms with E-state index in [0.717, 1.165) is 31.4 Å². The molecule has 3 aromatic rings. The van der Waals surface area contributed by atoms with E-state index in [9.17, 15) is 9.18 Å². The summed E-state index contributed by atoms with van der Waals surface area (Å²) < 4.78 is 13.6. The Hall–Kier alpha value is -3.45. The summed E-state index contributed by atoms with van der Waals surface area (Å²) in [4.78, 5) is 16.5. The van der Waals surface area contributed by atoms with Gasteiger partial charge in [-0.2, -0.15) is 0 Å². The first-order valence-electron chi connectivity index (χ1n) is 10.5. The fourth-order valence-corrected chi connectivity index (χ4v) is 3.96. The zero-order chi connectivity index (χ0) is 21.8. The number of nitrogens with zero attached hydrogens (tertiary/aromatic N) is 1. The Balaban J connectivity index is 1.61. The lowest BCUT2D eigenvalue weighted by molar-refractivity contribution is 0.100. The van der Waals surface area contributed by atoms with Crippen molar-refractivity contribution < 1.29 is 9.18 Å². The molecule has 2 atom stereocenters. The zero-order valence-corrected chi connectivity index (χ0v) is 17.1. The van der Waals surface area contributed by atoms with Crippen LogP contribution in [-0.2, 0) is 0 Å². The number of hydrogen-bond donors (Lipinski definition) is 4. The number of anilines is 3. The second-order valence-electron chi connectivity index (χ2n) is 7.87. The normalized spacial score (nSPS) is 18.4. The van der Waals surface area contributed by atoms with Crippen LogP contribution < -0.4 is 22.1 Å². The Bertz CT molecular complexity index is 1090. The molecule has 1 aromatic heterocycles. The summed E-state index contributed by atoms with van der Waals surface area (Å²) in [5.41, 5.74) is 14.9. The molecule has 0 spiro atoms. The summed E-state index contributed by atoms with van der Waals surface area (Å²) in [5.74, 6) is -0.339. The fourth-order valence-electron chi connectivity index (χ4n) is 3.96. The van der Waals surface area contributed by atoms with Crippen molar-refractivity contribution in [3.63, 3.8) is 0 Å². The molecule has 1 aliphatic rings. The van der Waals surface area contributed by atoms with Gasteiger partial charge in [0, 0.05) is 23.3 Å². The van der Waals surface area contributed by atoms with Crippen LogP contribution in [-0.4, -0.2) is 23.0 Å². The molecule has 6 nitrogen and oxygen atoms in total. The number of nitrogens with one attached hydrogen (secondary N) is 2. The van der Waals surface area contributed by atoms with Gasteiger partial charge in [-0.15, -0.1) is 0 Å². The van der Waals surface area contributed by atoms with Crippen molar-refractivity contribution in [3.05, 3.63) is 72.0 Å². The highest BCUT2D eigenvalue weighted by Gasteiger charge is 2.22. The second kappa shape index (κ2) is 9.14. The molecule has 0 saturated heterocycles. The number of aromatic nitrogens is 1. The Morgan fingerprint density at radius 2 is 1.84 bits per heavy atom. The molecule has 7 heteroatoms. The van der Waals surface area contributed by atoms with E-state index < -0.39 is 5.91 Å². The van der Waals surface area contributed by atoms with E-state index in [-0.39, 0.29) is 17.9 Å². The number of benzene rings is 2. The highest BCUT2D eigenvalue weighted by Crippen LogP contribution is 2.28. The third-order valence-electron chi connectivity index (χ3n) is 5.59. The van der Waals surface area contributed by atoms with Crippen molar-refractivity contribution in [2.75, 3.05) is 10.6 Å². The van der Waals surface area contributed by atoms with Crippen molar-refractivity contribution in [3.8, 4) is 11.3 Å². The van der Waals surface area contributed by atoms with Crippen LogP contribution in [0.1, 0.15) is 36.0 Å². The lowest BCUT2D eigenvalue weighted by Crippen LogP contribution is -2.42. The molecule has 0 radical (unpaired) electrons. The smallest absolute Gasteiger partial charge is 0.250 e. The summed E-state index contributed by atoms with van der Waals surface area (Å²) >= 11 is 0. The molecule has 1 aliphatic carbocycles. The van der Waals surface area contributed by atoms with Crippen molar-refractivity contribution in [1.82, 2.24) is 4.98 Å². The molecule has 2 aromatic carbocycles. The average Bonchev–Trinajstić information content (AvgIpc) is 2.75. The van der Waals surface area contributed by atoms with Crippen LogP contribution in [0.4, 0.5) is 21.6 Å². The minimum atomic E-state index is -0.537. The van der Waals surface area contributed by atoms with Crippen LogP contribution in [0.5, 0.6) is 0 Å². The second-order valence-corrected chi connectivity index (χ2v) is 7.87. The zero-order valence-electron chi connectivity index (χ0n) is 17.1. The third kappa shape index (κ3) is 5.00. The van der Waals surface area contributed by atoms with Crippen LogP contribution in [0.2, 0.25) is 0 Å². The molecular formula is C24H26FN5O. The SMILES string of the molecule is NC(=O)c1ccc(N[C@@H]2CCCC[C@@H]2N)cc1Nc1cccc(-c2cccc(F)c2)n1. The number of hydrogen-bond acceptors (Lipinski definition) is 5. The topological polar surface area (TPSA) is 106 Å². The van der Waals surface area contributed by atoms with Crippen LogP contribution in [0, 0.1) is 5.82 Å². The van der Waals surface area contributed by atoms with E-state index in [1.807, 2.05) is 18.2 Å². The quantitative estimate of drug-likeness (QED) is 0.473. The van der Waals surface area contributed by atoms with Gasteiger partial charge in [-0.25, -0.2) is 9.37 Å². The van der Waals surface area contributed by atoms with Crippen LogP contribution in [0.3, 0.4) is 0 Å². The van der Waals surface area contributed by atoms with E-state index in [1.54, 1.807) is 30.3 Å². The monoisotopic (exact) mass is 419 g/mol. The maximum absolute atomic E-state index is 13.6. The predicted octanol–water partition coefficient (Wildman–Crippen LogP) is 4.41. The molecule has 4 rings (SSSR count). The van der Waals surface area contributed by atoms with E-state index in [4.69, 9.17) is 11.5 Å². The summed E-state index contributed by atoms with van der Waals surface area (Å²) in [6.45, 7) is 0. The summed E-state index contributed by atoms with van der Waals surface area (Å²) in [6, 6.07) is 17.3. The van der Waals surface area contributed by atoms with Gasteiger partial charge in [-0.05, 0) is 55.3 Å². The van der Waals surface area contributed by atoms with E-state index in [2.05, 4.69) is 15.6 Å². The van der Waals surface area contributed by atoms with Crippen LogP contribution in [0.25, 0.3) is 11.3 Å². The van der Waals surface area contributed by atoms with Crippen molar-refractivity contribution >= 4 is 23.1 Å². The Labute approximate surface area is 180 Å². The molecule has 1 saturated carbocycles. The summed E-state index contributed by atoms with van der Waals surface area (Å²) in [7, 11) is 0. The van der Waals surface area contributed by atoms with Gasteiger partial charge >= 0.3 is 0 Å². The highest BCUT2D eigenvalue weighted by molar-refractivity contribution is 5.99. The van der Waals surface area contributed by atoms with Gasteiger partial charge < -0.3 is 22.1 Å². The average molecular weight is 420 g/mol. The molecule has 1 fully saturated rings. The first-order chi connectivity index (χ1) is 15.0. The van der Waals surface area contributed by atoms with E-state index in [1.165, 1.54) is 12.1 Å². The molecular weight excluding hydrogens is 393 g/mol. The lowest BCUT2D eigenvalue weighted by atomic mass is 9.91. The van der Waals surface area contributed by atoms with Gasteiger partial charge in [0.15, 0.2) is 0 Å². The third-order valence-corrected chi connectivity index (χ3v) is 5.59. The van der Waals surface area contributed by atoms with Gasteiger partial charge in [0.05, 0.1) is 16.9 Å². The first-order valence-corrected chi connectivity index (χ1v) is 10.5. The van der Waals surface area contributed by atoms with Gasteiger partial charge in [0.1, 0.15) is 11.6 Å². The molecule has 160 valence electrons. The Kier molecular flexibility index (Phi) is 6.13. The largest absolute Gasteiger partial charge is 0.381 e. The number of primary amides is 1. The van der Waals surface area contributed by atoms with E-state index in [0.29, 0.717) is 28.3 Å². The molecule has 6 N–H and O–H groups in total. The number of nitrogens with two attached hydrogens (primary N) is 2. The van der Waals surface area contributed by atoms with Crippen molar-refractivity contribution in [2.45, 2.75) is 37.8 Å². The van der Waals surface area contributed by atoms with Crippen LogP contribution >= 0.6 is 0 Å². The van der Waals surface area contributed by atoms with Crippen LogP contribution in [0.15, 0.2) is 60.7 Å². The number of rotatable bonds is 6. The fraction of sp³-hybridized carbons (Fsp3) is 0.250. The molecule has 31 heavy (non-hydrogen) atoms. The number of carbonyl (C=O) groups is 1. The lowest BCUT2D eigenvalue weighted by Gasteiger charge is -2.30. The molecule has 1 amide bonds. The summed E-state index contributed by atoms with van der Waals surface area (Å²) in [6.07, 6.45) is 4.31. The number of halogens is 1. The van der Waals surface area contributed by atoms with Crippen molar-refractivity contribution in [2.24, 2.45) is 11.5 Å². The first kappa shape index (κ1) is 20.8. The predicted molar refractivity (Wildman–Crippen MR) is 122 cm³/mol.